The molecule has 0 saturated heterocycles. The number of benzene rings is 1. The smallest absolute Gasteiger partial charge is 0.200 e. The Kier molecular flexibility index (Phi) is 4.21. The van der Waals surface area contributed by atoms with Crippen LogP contribution in [-0.2, 0) is 0 Å². The fourth-order valence-electron chi connectivity index (χ4n) is 1.49. The molecule has 0 aliphatic heterocycles. The topological polar surface area (TPSA) is 0 Å². The van der Waals surface area contributed by atoms with Gasteiger partial charge in [-0.2, -0.15) is 17.6 Å². The van der Waals surface area contributed by atoms with E-state index in [1.165, 1.54) is 13.8 Å². The van der Waals surface area contributed by atoms with Gasteiger partial charge < -0.3 is 0 Å². The largest absolute Gasteiger partial charge is 0.306 e. The molecule has 0 heterocycles. The average Bonchev–Trinajstić information content (AvgIpc) is 2.29. The zero-order valence-corrected chi connectivity index (χ0v) is 9.42. The molecule has 0 spiro atoms. The van der Waals surface area contributed by atoms with Gasteiger partial charge in [-0.05, 0) is 37.1 Å². The van der Waals surface area contributed by atoms with E-state index in [0.717, 1.165) is 12.1 Å². The van der Waals surface area contributed by atoms with Gasteiger partial charge in [0.25, 0.3) is 0 Å². The van der Waals surface area contributed by atoms with E-state index in [0.29, 0.717) is 0 Å². The van der Waals surface area contributed by atoms with Crippen molar-refractivity contribution >= 4 is 11.7 Å². The normalized spacial score (nSPS) is 10.2. The zero-order valence-electron chi connectivity index (χ0n) is 9.42. The molecule has 0 unspecified atom stereocenters. The van der Waals surface area contributed by atoms with Crippen molar-refractivity contribution in [3.63, 3.8) is 0 Å². The van der Waals surface area contributed by atoms with Crippen molar-refractivity contribution in [3.8, 4) is 0 Å². The maximum atomic E-state index is 13.1. The number of hydrogen-bond acceptors (Lipinski definition) is 0. The highest BCUT2D eigenvalue weighted by Crippen LogP contribution is 2.32. The van der Waals surface area contributed by atoms with Crippen molar-refractivity contribution in [1.82, 2.24) is 0 Å². The third kappa shape index (κ3) is 2.75. The lowest BCUT2D eigenvalue weighted by Crippen LogP contribution is -1.93. The fourth-order valence-corrected chi connectivity index (χ4v) is 1.49. The van der Waals surface area contributed by atoms with Gasteiger partial charge in [-0.25, -0.2) is 8.78 Å². The van der Waals surface area contributed by atoms with E-state index >= 15 is 0 Å². The summed E-state index contributed by atoms with van der Waals surface area (Å²) in [6, 6.07) is 1.81. The number of halogens is 6. The van der Waals surface area contributed by atoms with Crippen LogP contribution in [0.3, 0.4) is 0 Å². The van der Waals surface area contributed by atoms with Gasteiger partial charge in [-0.1, -0.05) is 0 Å². The molecular formula is C12H8F6. The van der Waals surface area contributed by atoms with Crippen molar-refractivity contribution in [3.05, 3.63) is 46.5 Å². The van der Waals surface area contributed by atoms with Gasteiger partial charge in [-0.3, -0.25) is 0 Å². The van der Waals surface area contributed by atoms with E-state index in [9.17, 15) is 26.3 Å². The molecule has 1 aromatic carbocycles. The Morgan fingerprint density at radius 3 is 1.17 bits per heavy atom. The number of rotatable bonds is 2. The van der Waals surface area contributed by atoms with E-state index in [1.807, 2.05) is 0 Å². The summed E-state index contributed by atoms with van der Waals surface area (Å²) < 4.78 is 74.6. The van der Waals surface area contributed by atoms with Crippen LogP contribution in [0, 0.1) is 13.8 Å². The van der Waals surface area contributed by atoms with Gasteiger partial charge >= 0.3 is 12.2 Å². The summed E-state index contributed by atoms with van der Waals surface area (Å²) in [5.74, 6) is -3.49. The first-order valence-corrected chi connectivity index (χ1v) is 4.79. The fraction of sp³-hybridized carbons (Fsp3) is 0.167. The predicted molar refractivity (Wildman–Crippen MR) is 56.4 cm³/mol. The van der Waals surface area contributed by atoms with Crippen LogP contribution >= 0.6 is 0 Å². The minimum Gasteiger partial charge on any atom is -0.200 e. The minimum atomic E-state index is -2.52. The van der Waals surface area contributed by atoms with Crippen molar-refractivity contribution in [2.45, 2.75) is 13.8 Å². The van der Waals surface area contributed by atoms with Crippen molar-refractivity contribution in [2.24, 2.45) is 0 Å². The molecule has 6 heteroatoms. The molecular weight excluding hydrogens is 258 g/mol. The number of aryl methyl sites for hydroxylation is 2. The van der Waals surface area contributed by atoms with Crippen LogP contribution in [0.4, 0.5) is 26.3 Å². The Morgan fingerprint density at radius 2 is 0.944 bits per heavy atom. The highest BCUT2D eigenvalue weighted by atomic mass is 19.3. The lowest BCUT2D eigenvalue weighted by atomic mass is 9.99. The Morgan fingerprint density at radius 1 is 0.667 bits per heavy atom. The van der Waals surface area contributed by atoms with Gasteiger partial charge in [-0.15, -0.1) is 0 Å². The number of hydrogen-bond donors (Lipinski definition) is 0. The van der Waals surface area contributed by atoms with Crippen LogP contribution in [0.15, 0.2) is 24.3 Å². The zero-order chi connectivity index (χ0) is 14.0. The molecule has 0 bridgehead atoms. The van der Waals surface area contributed by atoms with E-state index in [4.69, 9.17) is 0 Å². The van der Waals surface area contributed by atoms with Crippen molar-refractivity contribution in [2.75, 3.05) is 0 Å². The minimum absolute atomic E-state index is 0.0581. The first-order chi connectivity index (χ1) is 8.25. The van der Waals surface area contributed by atoms with Gasteiger partial charge in [0.05, 0.1) is 0 Å². The van der Waals surface area contributed by atoms with Crippen LogP contribution < -0.4 is 0 Å². The van der Waals surface area contributed by atoms with Crippen LogP contribution in [0.5, 0.6) is 0 Å². The molecule has 18 heavy (non-hydrogen) atoms. The lowest BCUT2D eigenvalue weighted by Gasteiger charge is -2.09. The Balaban J connectivity index is 3.48. The van der Waals surface area contributed by atoms with E-state index < -0.39 is 34.9 Å². The molecule has 1 rings (SSSR count). The molecule has 0 nitrogen and oxygen atoms in total. The second-order valence-electron chi connectivity index (χ2n) is 3.63. The summed E-state index contributed by atoms with van der Waals surface area (Å²) >= 11 is 0. The standard InChI is InChI=1S/C12H8F6/c1-5-3-8(10(14)12(17)18)6(2)4-7(5)9(13)11(15)16/h3-4H,1-2H3. The quantitative estimate of drug-likeness (QED) is 0.631. The van der Waals surface area contributed by atoms with E-state index in [2.05, 4.69) is 0 Å². The highest BCUT2D eigenvalue weighted by molar-refractivity contribution is 5.70. The van der Waals surface area contributed by atoms with Crippen molar-refractivity contribution < 1.29 is 26.3 Å². The third-order valence-electron chi connectivity index (χ3n) is 2.38. The maximum absolute atomic E-state index is 13.1. The predicted octanol–water partition coefficient (Wildman–Crippen LogP) is 5.37. The molecule has 0 radical (unpaired) electrons. The SMILES string of the molecule is Cc1cc(C(F)=C(F)F)c(C)cc1C(F)=C(F)F. The molecule has 0 aromatic heterocycles. The molecule has 0 fully saturated rings. The van der Waals surface area contributed by atoms with Crippen LogP contribution in [-0.4, -0.2) is 0 Å². The molecule has 98 valence electrons. The lowest BCUT2D eigenvalue weighted by molar-refractivity contribution is 0.409. The van der Waals surface area contributed by atoms with E-state index in [-0.39, 0.29) is 11.1 Å². The molecule has 0 N–H and O–H groups in total. The van der Waals surface area contributed by atoms with Gasteiger partial charge in [0, 0.05) is 11.1 Å². The van der Waals surface area contributed by atoms with Crippen molar-refractivity contribution in [1.29, 1.82) is 0 Å². The second kappa shape index (κ2) is 5.29. The summed E-state index contributed by atoms with van der Waals surface area (Å²) in [6.07, 6.45) is -5.03. The van der Waals surface area contributed by atoms with Crippen LogP contribution in [0.25, 0.3) is 11.7 Å². The first-order valence-electron chi connectivity index (χ1n) is 4.79. The van der Waals surface area contributed by atoms with Crippen LogP contribution in [0.2, 0.25) is 0 Å². The third-order valence-corrected chi connectivity index (χ3v) is 2.38. The molecule has 0 aliphatic carbocycles. The first kappa shape index (κ1) is 14.3. The summed E-state index contributed by atoms with van der Waals surface area (Å²) in [4.78, 5) is 0. The Labute approximate surface area is 99.2 Å². The monoisotopic (exact) mass is 266 g/mol. The summed E-state index contributed by atoms with van der Waals surface area (Å²) in [5, 5.41) is 0. The molecule has 0 atom stereocenters. The van der Waals surface area contributed by atoms with E-state index in [1.54, 1.807) is 0 Å². The summed E-state index contributed by atoms with van der Waals surface area (Å²) in [6.45, 7) is 2.45. The summed E-state index contributed by atoms with van der Waals surface area (Å²) in [5.41, 5.74) is -0.999. The maximum Gasteiger partial charge on any atom is 0.306 e. The Bertz CT molecular complexity index is 484. The molecule has 0 saturated carbocycles. The van der Waals surface area contributed by atoms with Crippen LogP contribution in [0.1, 0.15) is 22.3 Å². The van der Waals surface area contributed by atoms with Gasteiger partial charge in [0.1, 0.15) is 0 Å². The highest BCUT2D eigenvalue weighted by Gasteiger charge is 2.17. The average molecular weight is 266 g/mol. The van der Waals surface area contributed by atoms with Gasteiger partial charge in [0.15, 0.2) is 11.7 Å². The summed E-state index contributed by atoms with van der Waals surface area (Å²) in [7, 11) is 0. The molecule has 0 aliphatic rings. The Hall–Kier alpha value is -1.72. The van der Waals surface area contributed by atoms with Gasteiger partial charge in [0.2, 0.25) is 0 Å². The molecule has 0 amide bonds. The molecule has 1 aromatic rings. The second-order valence-corrected chi connectivity index (χ2v) is 3.63.